The first-order chi connectivity index (χ1) is 11.9. The van der Waals surface area contributed by atoms with Gasteiger partial charge in [-0.05, 0) is 6.07 Å². The summed E-state index contributed by atoms with van der Waals surface area (Å²) in [5.74, 6) is 1.06. The van der Waals surface area contributed by atoms with Crippen LogP contribution in [0.1, 0.15) is 16.1 Å². The van der Waals surface area contributed by atoms with E-state index in [2.05, 4.69) is 10.3 Å². The Labute approximate surface area is 159 Å². The van der Waals surface area contributed by atoms with E-state index in [1.165, 1.54) is 27.5 Å². The highest BCUT2D eigenvalue weighted by molar-refractivity contribution is 6.48. The van der Waals surface area contributed by atoms with Crippen molar-refractivity contribution in [3.05, 3.63) is 44.7 Å². The van der Waals surface area contributed by atoms with E-state index in [0.29, 0.717) is 22.8 Å². The molecule has 0 fully saturated rings. The van der Waals surface area contributed by atoms with Crippen molar-refractivity contribution in [1.82, 2.24) is 10.3 Å². The van der Waals surface area contributed by atoms with Crippen LogP contribution in [0.3, 0.4) is 0 Å². The number of benzene rings is 1. The average molecular weight is 406 g/mol. The number of hydrogen-bond acceptors (Lipinski definition) is 5. The quantitative estimate of drug-likeness (QED) is 0.787. The minimum Gasteiger partial charge on any atom is -0.496 e. The highest BCUT2D eigenvalue weighted by atomic mass is 35.5. The number of carbonyl (C=O) groups excluding carboxylic acids is 1. The summed E-state index contributed by atoms with van der Waals surface area (Å²) >= 11 is 17.8. The highest BCUT2D eigenvalue weighted by Gasteiger charge is 2.18. The van der Waals surface area contributed by atoms with Gasteiger partial charge in [-0.3, -0.25) is 4.79 Å². The number of nitrogens with one attached hydrogen (secondary N) is 1. The van der Waals surface area contributed by atoms with E-state index in [4.69, 9.17) is 49.0 Å². The van der Waals surface area contributed by atoms with Crippen LogP contribution < -0.4 is 19.5 Å². The lowest BCUT2D eigenvalue weighted by Gasteiger charge is -2.14. The average Bonchev–Trinajstić information content (AvgIpc) is 2.63. The number of pyridine rings is 1. The molecular weight excluding hydrogens is 391 g/mol. The summed E-state index contributed by atoms with van der Waals surface area (Å²) in [6, 6.07) is 3.38. The molecule has 9 heteroatoms. The summed E-state index contributed by atoms with van der Waals surface area (Å²) in [7, 11) is 4.56. The molecular formula is C16H15Cl3N2O4. The van der Waals surface area contributed by atoms with Crippen molar-refractivity contribution in [3.8, 4) is 17.2 Å². The second kappa shape index (κ2) is 8.47. The molecule has 0 saturated carbocycles. The number of carbonyl (C=O) groups is 1. The monoisotopic (exact) mass is 404 g/mol. The number of rotatable bonds is 6. The van der Waals surface area contributed by atoms with Crippen molar-refractivity contribution in [2.75, 3.05) is 21.3 Å². The van der Waals surface area contributed by atoms with Crippen molar-refractivity contribution >= 4 is 40.7 Å². The van der Waals surface area contributed by atoms with Crippen molar-refractivity contribution in [1.29, 1.82) is 0 Å². The molecule has 0 spiro atoms. The summed E-state index contributed by atoms with van der Waals surface area (Å²) in [6.07, 6.45) is 1.27. The molecule has 1 amide bonds. The molecule has 134 valence electrons. The molecule has 0 unspecified atom stereocenters. The number of nitrogens with zero attached hydrogens (tertiary/aromatic N) is 1. The van der Waals surface area contributed by atoms with Gasteiger partial charge in [0.05, 0.1) is 36.4 Å². The van der Waals surface area contributed by atoms with Crippen LogP contribution in [0.5, 0.6) is 17.2 Å². The van der Waals surface area contributed by atoms with Crippen LogP contribution in [0.25, 0.3) is 0 Å². The van der Waals surface area contributed by atoms with Crippen LogP contribution in [-0.2, 0) is 6.54 Å². The molecule has 0 atom stereocenters. The van der Waals surface area contributed by atoms with Gasteiger partial charge in [-0.2, -0.15) is 0 Å². The fraction of sp³-hybridized carbons (Fsp3) is 0.250. The molecule has 1 heterocycles. The molecule has 0 aliphatic heterocycles. The summed E-state index contributed by atoms with van der Waals surface area (Å²) in [5.41, 5.74) is 0.667. The molecule has 0 radical (unpaired) electrons. The normalized spacial score (nSPS) is 10.3. The number of aromatic nitrogens is 1. The fourth-order valence-electron chi connectivity index (χ4n) is 2.09. The second-order valence-corrected chi connectivity index (χ2v) is 5.95. The molecule has 1 aromatic heterocycles. The Morgan fingerprint density at radius 1 is 1.00 bits per heavy atom. The number of methoxy groups -OCH3 is 3. The molecule has 2 rings (SSSR count). The summed E-state index contributed by atoms with van der Waals surface area (Å²) in [5, 5.41) is 2.94. The Balaban J connectivity index is 2.23. The molecule has 0 bridgehead atoms. The number of ether oxygens (including phenoxy) is 3. The molecule has 0 aliphatic rings. The van der Waals surface area contributed by atoms with Crippen molar-refractivity contribution in [2.45, 2.75) is 6.54 Å². The molecule has 6 nitrogen and oxygen atoms in total. The summed E-state index contributed by atoms with van der Waals surface area (Å²) in [6.45, 7) is 0.153. The van der Waals surface area contributed by atoms with Crippen molar-refractivity contribution in [2.24, 2.45) is 0 Å². The van der Waals surface area contributed by atoms with E-state index in [-0.39, 0.29) is 27.3 Å². The Hall–Kier alpha value is -1.89. The Morgan fingerprint density at radius 3 is 2.20 bits per heavy atom. The van der Waals surface area contributed by atoms with E-state index in [9.17, 15) is 4.79 Å². The van der Waals surface area contributed by atoms with Crippen molar-refractivity contribution < 1.29 is 19.0 Å². The Morgan fingerprint density at radius 2 is 1.60 bits per heavy atom. The third kappa shape index (κ3) is 4.21. The second-order valence-electron chi connectivity index (χ2n) is 4.78. The maximum atomic E-state index is 12.3. The third-order valence-electron chi connectivity index (χ3n) is 3.36. The van der Waals surface area contributed by atoms with Gasteiger partial charge in [0, 0.05) is 24.4 Å². The third-order valence-corrected chi connectivity index (χ3v) is 4.60. The molecule has 0 saturated heterocycles. The zero-order valence-electron chi connectivity index (χ0n) is 13.7. The standard InChI is InChI=1S/C16H15Cl3N2O4/c1-23-10-5-12(25-3)11(24-2)4-8(10)6-21-16(22)15-14(19)13(18)9(17)7-20-15/h4-5,7H,6H2,1-3H3,(H,21,22). The van der Waals surface area contributed by atoms with Gasteiger partial charge in [0.2, 0.25) is 0 Å². The van der Waals surface area contributed by atoms with E-state index in [1.54, 1.807) is 12.1 Å². The van der Waals surface area contributed by atoms with Gasteiger partial charge in [-0.1, -0.05) is 34.8 Å². The topological polar surface area (TPSA) is 69.7 Å². The Kier molecular flexibility index (Phi) is 6.58. The number of amides is 1. The first kappa shape index (κ1) is 19.4. The Bertz CT molecular complexity index is 799. The van der Waals surface area contributed by atoms with Gasteiger partial charge in [-0.15, -0.1) is 0 Å². The lowest BCUT2D eigenvalue weighted by Crippen LogP contribution is -2.24. The van der Waals surface area contributed by atoms with Crippen molar-refractivity contribution in [3.63, 3.8) is 0 Å². The maximum Gasteiger partial charge on any atom is 0.271 e. The predicted molar refractivity (Wildman–Crippen MR) is 96.5 cm³/mol. The van der Waals surface area contributed by atoms with E-state index in [0.717, 1.165) is 0 Å². The van der Waals surface area contributed by atoms with Gasteiger partial charge in [0.25, 0.3) is 5.91 Å². The summed E-state index contributed by atoms with van der Waals surface area (Å²) < 4.78 is 15.8. The van der Waals surface area contributed by atoms with E-state index in [1.807, 2.05) is 0 Å². The number of halogens is 3. The van der Waals surface area contributed by atoms with Crippen LogP contribution >= 0.6 is 34.8 Å². The molecule has 1 N–H and O–H groups in total. The molecule has 0 aliphatic carbocycles. The van der Waals surface area contributed by atoms with Gasteiger partial charge in [0.1, 0.15) is 11.4 Å². The lowest BCUT2D eigenvalue weighted by atomic mass is 10.1. The van der Waals surface area contributed by atoms with Gasteiger partial charge in [0.15, 0.2) is 11.5 Å². The summed E-state index contributed by atoms with van der Waals surface area (Å²) in [4.78, 5) is 16.2. The zero-order chi connectivity index (χ0) is 18.6. The molecule has 2 aromatic rings. The first-order valence-electron chi connectivity index (χ1n) is 6.99. The van der Waals surface area contributed by atoms with Crippen LogP contribution in [0.4, 0.5) is 0 Å². The van der Waals surface area contributed by atoms with Crippen LogP contribution in [0.15, 0.2) is 18.3 Å². The zero-order valence-corrected chi connectivity index (χ0v) is 15.9. The lowest BCUT2D eigenvalue weighted by molar-refractivity contribution is 0.0946. The van der Waals surface area contributed by atoms with E-state index < -0.39 is 5.91 Å². The van der Waals surface area contributed by atoms with E-state index >= 15 is 0 Å². The first-order valence-corrected chi connectivity index (χ1v) is 8.12. The predicted octanol–water partition coefficient (Wildman–Crippen LogP) is 4.00. The van der Waals surface area contributed by atoms with Gasteiger partial charge in [-0.25, -0.2) is 4.98 Å². The van der Waals surface area contributed by atoms with Gasteiger partial charge < -0.3 is 19.5 Å². The SMILES string of the molecule is COc1cc(OC)c(OC)cc1CNC(=O)c1ncc(Cl)c(Cl)c1Cl. The van der Waals surface area contributed by atoms with Crippen LogP contribution in [-0.4, -0.2) is 32.2 Å². The fourth-order valence-corrected chi connectivity index (χ4v) is 2.66. The maximum absolute atomic E-state index is 12.3. The largest absolute Gasteiger partial charge is 0.496 e. The minimum absolute atomic E-state index is 0.00839. The number of hydrogen-bond donors (Lipinski definition) is 1. The minimum atomic E-state index is -0.500. The van der Waals surface area contributed by atoms with Gasteiger partial charge >= 0.3 is 0 Å². The van der Waals surface area contributed by atoms with Crippen LogP contribution in [0, 0.1) is 0 Å². The van der Waals surface area contributed by atoms with Crippen LogP contribution in [0.2, 0.25) is 15.1 Å². The highest BCUT2D eigenvalue weighted by Crippen LogP contribution is 2.35. The smallest absolute Gasteiger partial charge is 0.271 e. The molecule has 1 aromatic carbocycles. The molecule has 25 heavy (non-hydrogen) atoms.